The Labute approximate surface area is 140 Å². The number of benzene rings is 1. The van der Waals surface area contributed by atoms with Crippen molar-refractivity contribution in [3.05, 3.63) is 47.2 Å². The van der Waals surface area contributed by atoms with E-state index in [9.17, 15) is 9.59 Å². The van der Waals surface area contributed by atoms with Gasteiger partial charge in [0.15, 0.2) is 0 Å². The lowest BCUT2D eigenvalue weighted by Gasteiger charge is -2.05. The fraction of sp³-hybridized carbons (Fsp3) is 0.143. The van der Waals surface area contributed by atoms with Crippen LogP contribution in [0.5, 0.6) is 0 Å². The van der Waals surface area contributed by atoms with E-state index in [0.29, 0.717) is 10.6 Å². The van der Waals surface area contributed by atoms with Crippen molar-refractivity contribution in [2.45, 2.75) is 13.5 Å². The summed E-state index contributed by atoms with van der Waals surface area (Å²) in [4.78, 5) is 28.8. The van der Waals surface area contributed by atoms with E-state index in [1.54, 1.807) is 6.92 Å². The second kappa shape index (κ2) is 6.96. The number of hydrogen-bond donors (Lipinski definition) is 2. The van der Waals surface area contributed by atoms with Crippen LogP contribution >= 0.6 is 11.3 Å². The predicted octanol–water partition coefficient (Wildman–Crippen LogP) is 0.566. The highest BCUT2D eigenvalue weighted by Crippen LogP contribution is 2.27. The van der Waals surface area contributed by atoms with Crippen molar-refractivity contribution in [3.63, 3.8) is 0 Å². The fourth-order valence-corrected chi connectivity index (χ4v) is 2.90. The minimum absolute atomic E-state index is 0.0930. The molecular weight excluding hydrogens is 330 g/mol. The first-order valence-electron chi connectivity index (χ1n) is 6.96. The van der Waals surface area contributed by atoms with Crippen LogP contribution in [0.3, 0.4) is 0 Å². The standard InChI is InChI=1S/C14H13N7O2S/c1-9-12(24-14(16-9)10-5-3-2-4-6-10)13(23)18-17-11(22)7-21-8-15-19-20-21/h2-6,8H,7H2,1H3,(H,17,22)(H,18,23). The molecule has 0 unspecified atom stereocenters. The first-order valence-corrected chi connectivity index (χ1v) is 7.78. The first kappa shape index (κ1) is 15.7. The number of aromatic nitrogens is 5. The molecule has 3 aromatic rings. The molecule has 24 heavy (non-hydrogen) atoms. The molecule has 2 amide bonds. The molecule has 0 bridgehead atoms. The monoisotopic (exact) mass is 343 g/mol. The molecule has 0 saturated carbocycles. The zero-order valence-electron chi connectivity index (χ0n) is 12.6. The number of rotatable bonds is 4. The molecule has 0 aliphatic heterocycles. The normalized spacial score (nSPS) is 10.4. The summed E-state index contributed by atoms with van der Waals surface area (Å²) in [5, 5.41) is 11.2. The lowest BCUT2D eigenvalue weighted by atomic mass is 10.2. The summed E-state index contributed by atoms with van der Waals surface area (Å²) in [7, 11) is 0. The molecule has 0 atom stereocenters. The van der Waals surface area contributed by atoms with Crippen LogP contribution in [-0.2, 0) is 11.3 Å². The first-order chi connectivity index (χ1) is 11.6. The molecule has 3 rings (SSSR count). The largest absolute Gasteiger partial charge is 0.281 e. The third-order valence-electron chi connectivity index (χ3n) is 3.04. The van der Waals surface area contributed by atoms with Gasteiger partial charge in [-0.25, -0.2) is 9.67 Å². The third-order valence-corrected chi connectivity index (χ3v) is 4.24. The van der Waals surface area contributed by atoms with Crippen molar-refractivity contribution in [1.82, 2.24) is 36.0 Å². The smallest absolute Gasteiger partial charge is 0.271 e. The zero-order valence-corrected chi connectivity index (χ0v) is 13.4. The van der Waals surface area contributed by atoms with Gasteiger partial charge in [-0.15, -0.1) is 16.4 Å². The average Bonchev–Trinajstić information content (AvgIpc) is 3.23. The highest BCUT2D eigenvalue weighted by atomic mass is 32.1. The van der Waals surface area contributed by atoms with Crippen LogP contribution in [0.15, 0.2) is 36.7 Å². The number of carbonyl (C=O) groups is 2. The van der Waals surface area contributed by atoms with Gasteiger partial charge in [-0.2, -0.15) is 0 Å². The minimum atomic E-state index is -0.443. The molecule has 0 aliphatic rings. The highest BCUT2D eigenvalue weighted by Gasteiger charge is 2.16. The summed E-state index contributed by atoms with van der Waals surface area (Å²) in [6, 6.07) is 9.58. The summed E-state index contributed by atoms with van der Waals surface area (Å²) >= 11 is 1.27. The van der Waals surface area contributed by atoms with Crippen molar-refractivity contribution in [2.24, 2.45) is 0 Å². The van der Waals surface area contributed by atoms with Gasteiger partial charge < -0.3 is 0 Å². The Bertz CT molecular complexity index is 845. The van der Waals surface area contributed by atoms with Gasteiger partial charge in [0.2, 0.25) is 0 Å². The van der Waals surface area contributed by atoms with E-state index >= 15 is 0 Å². The van der Waals surface area contributed by atoms with Gasteiger partial charge in [-0.05, 0) is 17.4 Å². The second-order valence-electron chi connectivity index (χ2n) is 4.81. The van der Waals surface area contributed by atoms with Gasteiger partial charge in [0.05, 0.1) is 5.69 Å². The summed E-state index contributed by atoms with van der Waals surface area (Å²) in [5.41, 5.74) is 6.23. The Morgan fingerprint density at radius 2 is 2.00 bits per heavy atom. The molecule has 0 spiro atoms. The third kappa shape index (κ3) is 3.60. The van der Waals surface area contributed by atoms with Crippen LogP contribution in [0.4, 0.5) is 0 Å². The lowest BCUT2D eigenvalue weighted by Crippen LogP contribution is -2.43. The Morgan fingerprint density at radius 1 is 1.21 bits per heavy atom. The molecule has 2 heterocycles. The fourth-order valence-electron chi connectivity index (χ4n) is 1.93. The molecule has 2 aromatic heterocycles. The van der Waals surface area contributed by atoms with Gasteiger partial charge in [-0.1, -0.05) is 30.3 Å². The predicted molar refractivity (Wildman–Crippen MR) is 85.7 cm³/mol. The van der Waals surface area contributed by atoms with Crippen LogP contribution in [0.2, 0.25) is 0 Å². The Hall–Kier alpha value is -3.14. The number of thiazole rings is 1. The summed E-state index contributed by atoms with van der Waals surface area (Å²) in [5.74, 6) is -0.863. The molecule has 0 aliphatic carbocycles. The average molecular weight is 343 g/mol. The molecule has 122 valence electrons. The van der Waals surface area contributed by atoms with Gasteiger partial charge in [0.25, 0.3) is 11.8 Å². The van der Waals surface area contributed by atoms with Crippen LogP contribution in [0.1, 0.15) is 15.4 Å². The molecule has 0 saturated heterocycles. The SMILES string of the molecule is Cc1nc(-c2ccccc2)sc1C(=O)NNC(=O)Cn1cnnn1. The number of aryl methyl sites for hydroxylation is 1. The topological polar surface area (TPSA) is 115 Å². The van der Waals surface area contributed by atoms with E-state index in [0.717, 1.165) is 10.6 Å². The number of hydrazine groups is 1. The van der Waals surface area contributed by atoms with Crippen LogP contribution in [-0.4, -0.2) is 37.0 Å². The summed E-state index contributed by atoms with van der Waals surface area (Å²) in [6.45, 7) is 1.66. The van der Waals surface area contributed by atoms with Gasteiger partial charge in [0.1, 0.15) is 22.8 Å². The number of amides is 2. The molecule has 2 N–H and O–H groups in total. The molecule has 0 radical (unpaired) electrons. The van der Waals surface area contributed by atoms with Crippen molar-refractivity contribution < 1.29 is 9.59 Å². The van der Waals surface area contributed by atoms with Crippen molar-refractivity contribution >= 4 is 23.2 Å². The quantitative estimate of drug-likeness (QED) is 0.669. The molecular formula is C14H13N7O2S. The highest BCUT2D eigenvalue weighted by molar-refractivity contribution is 7.17. The van der Waals surface area contributed by atoms with E-state index in [4.69, 9.17) is 0 Å². The molecule has 9 nitrogen and oxygen atoms in total. The van der Waals surface area contributed by atoms with Crippen molar-refractivity contribution in [1.29, 1.82) is 0 Å². The van der Waals surface area contributed by atoms with Crippen molar-refractivity contribution in [3.8, 4) is 10.6 Å². The van der Waals surface area contributed by atoms with Crippen LogP contribution in [0, 0.1) is 6.92 Å². The molecule has 10 heteroatoms. The summed E-state index contributed by atoms with van der Waals surface area (Å²) < 4.78 is 1.24. The maximum atomic E-state index is 12.2. The Morgan fingerprint density at radius 3 is 2.71 bits per heavy atom. The molecule has 1 aromatic carbocycles. The van der Waals surface area contributed by atoms with Crippen LogP contribution < -0.4 is 10.9 Å². The van der Waals surface area contributed by atoms with Gasteiger partial charge in [0, 0.05) is 5.56 Å². The van der Waals surface area contributed by atoms with Crippen molar-refractivity contribution in [2.75, 3.05) is 0 Å². The van der Waals surface area contributed by atoms with Gasteiger partial charge >= 0.3 is 0 Å². The minimum Gasteiger partial charge on any atom is -0.271 e. The number of nitrogens with zero attached hydrogens (tertiary/aromatic N) is 5. The van der Waals surface area contributed by atoms with E-state index in [1.807, 2.05) is 30.3 Å². The number of hydrogen-bond acceptors (Lipinski definition) is 7. The number of nitrogens with one attached hydrogen (secondary N) is 2. The number of carbonyl (C=O) groups excluding carboxylic acids is 2. The maximum Gasteiger partial charge on any atom is 0.281 e. The van der Waals surface area contributed by atoms with Crippen LogP contribution in [0.25, 0.3) is 10.6 Å². The molecule has 0 fully saturated rings. The Kier molecular flexibility index (Phi) is 4.57. The summed E-state index contributed by atoms with van der Waals surface area (Å²) in [6.07, 6.45) is 1.31. The van der Waals surface area contributed by atoms with E-state index in [1.165, 1.54) is 22.3 Å². The van der Waals surface area contributed by atoms with E-state index in [2.05, 4.69) is 31.4 Å². The van der Waals surface area contributed by atoms with Gasteiger partial charge in [-0.3, -0.25) is 20.4 Å². The zero-order chi connectivity index (χ0) is 16.9. The second-order valence-corrected chi connectivity index (χ2v) is 5.81. The van der Waals surface area contributed by atoms with E-state index in [-0.39, 0.29) is 6.54 Å². The number of tetrazole rings is 1. The lowest BCUT2D eigenvalue weighted by molar-refractivity contribution is -0.122. The van der Waals surface area contributed by atoms with E-state index < -0.39 is 11.8 Å². The Balaban J connectivity index is 1.63. The maximum absolute atomic E-state index is 12.2.